The Kier molecular flexibility index (Phi) is 6.88. The van der Waals surface area contributed by atoms with E-state index in [2.05, 4.69) is 26.3 Å². The summed E-state index contributed by atoms with van der Waals surface area (Å²) in [5.74, 6) is 0.586. The highest BCUT2D eigenvalue weighted by atomic mass is 79.9. The molecule has 0 radical (unpaired) electrons. The van der Waals surface area contributed by atoms with Crippen molar-refractivity contribution in [1.29, 1.82) is 0 Å². The Morgan fingerprint density at radius 3 is 2.52 bits per heavy atom. The predicted molar refractivity (Wildman–Crippen MR) is 90.5 cm³/mol. The number of nitrogens with one attached hydrogen (secondary N) is 1. The fourth-order valence-electron chi connectivity index (χ4n) is 1.78. The lowest BCUT2D eigenvalue weighted by atomic mass is 10.2. The van der Waals surface area contributed by atoms with E-state index in [9.17, 15) is 4.79 Å². The molecule has 0 aliphatic rings. The van der Waals surface area contributed by atoms with E-state index in [1.54, 1.807) is 18.8 Å². The van der Waals surface area contributed by atoms with Gasteiger partial charge in [-0.25, -0.2) is 9.48 Å². The molecule has 23 heavy (non-hydrogen) atoms. The van der Waals surface area contributed by atoms with Crippen molar-refractivity contribution in [3.05, 3.63) is 10.2 Å². The van der Waals surface area contributed by atoms with Crippen LogP contribution in [-0.4, -0.2) is 40.7 Å². The fourth-order valence-corrected chi connectivity index (χ4v) is 2.33. The van der Waals surface area contributed by atoms with Crippen molar-refractivity contribution in [3.8, 4) is 5.88 Å². The van der Waals surface area contributed by atoms with Gasteiger partial charge in [-0.1, -0.05) is 0 Å². The number of aromatic nitrogens is 2. The molecule has 132 valence electrons. The Morgan fingerprint density at radius 1 is 1.39 bits per heavy atom. The molecule has 0 saturated heterocycles. The number of amides is 1. The molecule has 0 aliphatic heterocycles. The van der Waals surface area contributed by atoms with Crippen LogP contribution in [0.5, 0.6) is 5.88 Å². The van der Waals surface area contributed by atoms with Crippen molar-refractivity contribution in [3.63, 3.8) is 0 Å². The Bertz CT molecular complexity index is 540. The lowest BCUT2D eigenvalue weighted by Gasteiger charge is -2.25. The van der Waals surface area contributed by atoms with Crippen molar-refractivity contribution in [2.75, 3.05) is 7.11 Å². The van der Waals surface area contributed by atoms with Gasteiger partial charge in [0.25, 0.3) is 0 Å². The van der Waals surface area contributed by atoms with Gasteiger partial charge in [0.2, 0.25) is 5.88 Å². The molecule has 1 aromatic rings. The number of halogens is 1. The molecule has 0 spiro atoms. The zero-order valence-corrected chi connectivity index (χ0v) is 16.4. The number of carbonyl (C=O) groups is 1. The molecule has 0 aliphatic carbocycles. The molecule has 1 N–H and O–H groups in total. The number of alkyl carbamates (subject to hydrolysis) is 1. The number of methoxy groups -OCH3 is 1. The molecule has 7 nitrogen and oxygen atoms in total. The molecule has 1 heterocycles. The molecule has 1 amide bonds. The minimum atomic E-state index is -0.534. The van der Waals surface area contributed by atoms with E-state index in [1.165, 1.54) is 0 Å². The van der Waals surface area contributed by atoms with Crippen LogP contribution in [-0.2, 0) is 23.1 Å². The summed E-state index contributed by atoms with van der Waals surface area (Å²) in [6, 6.07) is -0.238. The van der Waals surface area contributed by atoms with Crippen molar-refractivity contribution in [2.24, 2.45) is 7.05 Å². The molecular formula is C15H26BrN3O4. The van der Waals surface area contributed by atoms with E-state index < -0.39 is 11.7 Å². The Labute approximate surface area is 145 Å². The van der Waals surface area contributed by atoms with Crippen molar-refractivity contribution in [2.45, 2.75) is 59.0 Å². The lowest BCUT2D eigenvalue weighted by Crippen LogP contribution is -2.44. The van der Waals surface area contributed by atoms with E-state index in [0.29, 0.717) is 12.5 Å². The number of hydrogen-bond donors (Lipinski definition) is 1. The highest BCUT2D eigenvalue weighted by molar-refractivity contribution is 9.10. The zero-order valence-electron chi connectivity index (χ0n) is 14.8. The summed E-state index contributed by atoms with van der Waals surface area (Å²) in [5.41, 5.74) is 0.221. The third kappa shape index (κ3) is 6.02. The average Bonchev–Trinajstić information content (AvgIpc) is 2.64. The van der Waals surface area contributed by atoms with Crippen LogP contribution in [0.2, 0.25) is 0 Å². The van der Waals surface area contributed by atoms with Crippen molar-refractivity contribution < 1.29 is 19.0 Å². The first-order valence-electron chi connectivity index (χ1n) is 7.41. The maximum atomic E-state index is 11.8. The predicted octanol–water partition coefficient (Wildman–Crippen LogP) is 3.01. The van der Waals surface area contributed by atoms with Crippen molar-refractivity contribution in [1.82, 2.24) is 15.1 Å². The third-order valence-electron chi connectivity index (χ3n) is 3.03. The van der Waals surface area contributed by atoms with Gasteiger partial charge in [-0.2, -0.15) is 5.10 Å². The molecule has 1 aromatic heterocycles. The third-order valence-corrected chi connectivity index (χ3v) is 3.83. The number of nitrogens with zero attached hydrogens (tertiary/aromatic N) is 2. The van der Waals surface area contributed by atoms with Crippen LogP contribution < -0.4 is 10.1 Å². The van der Waals surface area contributed by atoms with Crippen LogP contribution in [0.4, 0.5) is 4.79 Å². The average molecular weight is 392 g/mol. The number of rotatable bonds is 6. The largest absolute Gasteiger partial charge is 0.472 e. The molecule has 0 saturated carbocycles. The Balaban J connectivity index is 2.68. The second-order valence-corrected chi connectivity index (χ2v) is 7.17. The van der Waals surface area contributed by atoms with Gasteiger partial charge < -0.3 is 19.5 Å². The summed E-state index contributed by atoms with van der Waals surface area (Å²) >= 11 is 3.47. The Morgan fingerprint density at radius 2 is 2.00 bits per heavy atom. The lowest BCUT2D eigenvalue weighted by molar-refractivity contribution is 0.0460. The van der Waals surface area contributed by atoms with Gasteiger partial charge in [0.15, 0.2) is 0 Å². The summed E-state index contributed by atoms with van der Waals surface area (Å²) in [6.07, 6.45) is -0.741. The SMILES string of the molecule is COCc1nn(C)c(OC(C)C(C)NC(=O)OC(C)(C)C)c1Br. The van der Waals surface area contributed by atoms with Gasteiger partial charge >= 0.3 is 6.09 Å². The fraction of sp³-hybridized carbons (Fsp3) is 0.733. The highest BCUT2D eigenvalue weighted by Crippen LogP contribution is 2.29. The normalized spacial score (nSPS) is 14.3. The van der Waals surface area contributed by atoms with Crippen LogP contribution >= 0.6 is 15.9 Å². The van der Waals surface area contributed by atoms with E-state index in [1.807, 2.05) is 34.6 Å². The van der Waals surface area contributed by atoms with Crippen molar-refractivity contribution >= 4 is 22.0 Å². The van der Waals surface area contributed by atoms with E-state index in [-0.39, 0.29) is 12.1 Å². The molecule has 0 bridgehead atoms. The quantitative estimate of drug-likeness (QED) is 0.806. The maximum Gasteiger partial charge on any atom is 0.407 e. The first-order chi connectivity index (χ1) is 10.5. The molecule has 0 fully saturated rings. The molecule has 8 heteroatoms. The minimum absolute atomic E-state index is 0.238. The van der Waals surface area contributed by atoms with Gasteiger partial charge in [0.1, 0.15) is 21.9 Å². The van der Waals surface area contributed by atoms with Crippen LogP contribution in [0.25, 0.3) is 0 Å². The van der Waals surface area contributed by atoms with E-state index >= 15 is 0 Å². The topological polar surface area (TPSA) is 74.6 Å². The second kappa shape index (κ2) is 8.01. The standard InChI is InChI=1S/C15H26BrN3O4/c1-9(17-14(20)23-15(3,4)5)10(2)22-13-12(16)11(8-21-7)18-19(13)6/h9-10H,8H2,1-7H3,(H,17,20). The summed E-state index contributed by atoms with van der Waals surface area (Å²) in [7, 11) is 3.40. The van der Waals surface area contributed by atoms with Crippen LogP contribution in [0.1, 0.15) is 40.3 Å². The van der Waals surface area contributed by atoms with Crippen LogP contribution in [0.3, 0.4) is 0 Å². The smallest absolute Gasteiger partial charge is 0.407 e. The van der Waals surface area contributed by atoms with E-state index in [4.69, 9.17) is 14.2 Å². The van der Waals surface area contributed by atoms with Gasteiger partial charge in [0, 0.05) is 14.2 Å². The Hall–Kier alpha value is -1.28. The van der Waals surface area contributed by atoms with Crippen LogP contribution in [0.15, 0.2) is 4.47 Å². The number of aryl methyl sites for hydroxylation is 1. The van der Waals surface area contributed by atoms with Gasteiger partial charge in [-0.05, 0) is 50.5 Å². The van der Waals surface area contributed by atoms with Gasteiger partial charge in [-0.3, -0.25) is 0 Å². The van der Waals surface area contributed by atoms with Crippen LogP contribution in [0, 0.1) is 0 Å². The van der Waals surface area contributed by atoms with Gasteiger partial charge in [-0.15, -0.1) is 0 Å². The molecule has 2 atom stereocenters. The first kappa shape index (κ1) is 19.8. The first-order valence-corrected chi connectivity index (χ1v) is 8.21. The zero-order chi connectivity index (χ0) is 17.8. The highest BCUT2D eigenvalue weighted by Gasteiger charge is 2.24. The maximum absolute atomic E-state index is 11.8. The summed E-state index contributed by atoms with van der Waals surface area (Å²) in [4.78, 5) is 11.8. The molecule has 1 rings (SSSR count). The molecular weight excluding hydrogens is 366 g/mol. The van der Waals surface area contributed by atoms with Gasteiger partial charge in [0.05, 0.1) is 12.6 Å². The number of ether oxygens (including phenoxy) is 3. The molecule has 0 aromatic carbocycles. The summed E-state index contributed by atoms with van der Waals surface area (Å²) < 4.78 is 18.6. The summed E-state index contributed by atoms with van der Waals surface area (Å²) in [5, 5.41) is 7.10. The second-order valence-electron chi connectivity index (χ2n) is 6.38. The van der Waals surface area contributed by atoms with E-state index in [0.717, 1.165) is 10.2 Å². The number of carbonyl (C=O) groups excluding carboxylic acids is 1. The summed E-state index contributed by atoms with van der Waals surface area (Å²) in [6.45, 7) is 9.58. The monoisotopic (exact) mass is 391 g/mol. The molecule has 2 unspecified atom stereocenters. The number of hydrogen-bond acceptors (Lipinski definition) is 5. The minimum Gasteiger partial charge on any atom is -0.472 e.